The van der Waals surface area contributed by atoms with Crippen molar-refractivity contribution in [1.29, 1.82) is 0 Å². The molecular formula is C11H14BrNO4. The summed E-state index contributed by atoms with van der Waals surface area (Å²) in [4.78, 5) is 11.2. The van der Waals surface area contributed by atoms with Crippen LogP contribution in [0.2, 0.25) is 0 Å². The first-order chi connectivity index (χ1) is 8.13. The van der Waals surface area contributed by atoms with E-state index in [2.05, 4.69) is 20.1 Å². The maximum Gasteiger partial charge on any atom is 0.334 e. The van der Waals surface area contributed by atoms with Gasteiger partial charge in [0, 0.05) is 12.0 Å². The lowest BCUT2D eigenvalue weighted by Crippen LogP contribution is -2.32. The maximum absolute atomic E-state index is 11.2. The van der Waals surface area contributed by atoms with Crippen molar-refractivity contribution in [2.24, 2.45) is 5.73 Å². The van der Waals surface area contributed by atoms with Crippen molar-refractivity contribution in [3.63, 3.8) is 0 Å². The molecule has 0 aromatic heterocycles. The fourth-order valence-electron chi connectivity index (χ4n) is 1.49. The molecule has 2 N–H and O–H groups in total. The molecule has 1 aromatic carbocycles. The van der Waals surface area contributed by atoms with Gasteiger partial charge in [0.05, 0.1) is 14.2 Å². The van der Waals surface area contributed by atoms with E-state index in [1.54, 1.807) is 13.2 Å². The molecule has 1 atom stereocenters. The summed E-state index contributed by atoms with van der Waals surface area (Å²) in [7, 11) is 3.09. The summed E-state index contributed by atoms with van der Waals surface area (Å²) in [5, 5.41) is 0. The highest BCUT2D eigenvalue weighted by Gasteiger charge is 2.18. The van der Waals surface area contributed by atoms with E-state index in [9.17, 15) is 4.79 Å². The average Bonchev–Trinajstić information content (AvgIpc) is 2.37. The van der Waals surface area contributed by atoms with Crippen molar-refractivity contribution in [2.45, 2.75) is 12.5 Å². The number of halogens is 1. The Kier molecular flexibility index (Phi) is 5.24. The Morgan fingerprint density at radius 2 is 2.12 bits per heavy atom. The first kappa shape index (κ1) is 13.8. The van der Waals surface area contributed by atoms with Gasteiger partial charge in [-0.05, 0) is 6.07 Å². The van der Waals surface area contributed by atoms with E-state index in [4.69, 9.17) is 15.2 Å². The summed E-state index contributed by atoms with van der Waals surface area (Å²) in [6.07, 6.45) is 0.310. The van der Waals surface area contributed by atoms with Gasteiger partial charge in [0.1, 0.15) is 6.04 Å². The third-order valence-corrected chi connectivity index (χ3v) is 2.62. The second-order valence-corrected chi connectivity index (χ2v) is 3.68. The fourth-order valence-corrected chi connectivity index (χ4v) is 1.73. The van der Waals surface area contributed by atoms with Crippen LogP contribution in [0.3, 0.4) is 0 Å². The highest BCUT2D eigenvalue weighted by molar-refractivity contribution is 9.06. The van der Waals surface area contributed by atoms with Crippen molar-refractivity contribution >= 4 is 22.2 Å². The highest BCUT2D eigenvalue weighted by Crippen LogP contribution is 2.31. The van der Waals surface area contributed by atoms with Crippen LogP contribution >= 0.6 is 16.3 Å². The minimum Gasteiger partial charge on any atom is -0.493 e. The van der Waals surface area contributed by atoms with Gasteiger partial charge in [-0.1, -0.05) is 12.1 Å². The number of carbonyl (C=O) groups is 1. The van der Waals surface area contributed by atoms with E-state index >= 15 is 0 Å². The molecule has 0 saturated carbocycles. The van der Waals surface area contributed by atoms with Crippen LogP contribution in [0.4, 0.5) is 0 Å². The number of hydrogen-bond donors (Lipinski definition) is 1. The predicted molar refractivity (Wildman–Crippen MR) is 66.2 cm³/mol. The monoisotopic (exact) mass is 303 g/mol. The van der Waals surface area contributed by atoms with Crippen LogP contribution in [-0.2, 0) is 15.0 Å². The first-order valence-electron chi connectivity index (χ1n) is 4.92. The number of hydrogen-bond acceptors (Lipinski definition) is 5. The number of ether oxygens (including phenoxy) is 2. The van der Waals surface area contributed by atoms with Crippen molar-refractivity contribution < 1.29 is 18.1 Å². The predicted octanol–water partition coefficient (Wildman–Crippen LogP) is 1.43. The zero-order valence-electron chi connectivity index (χ0n) is 9.60. The summed E-state index contributed by atoms with van der Waals surface area (Å²) < 4.78 is 14.8. The molecule has 6 heteroatoms. The van der Waals surface area contributed by atoms with Crippen LogP contribution in [0.1, 0.15) is 5.56 Å². The third kappa shape index (κ3) is 3.34. The SMILES string of the molecule is COc1cccc(CC(N)C(=O)OBr)c1OC. The van der Waals surface area contributed by atoms with Crippen LogP contribution in [-0.4, -0.2) is 26.2 Å². The molecule has 94 valence electrons. The van der Waals surface area contributed by atoms with E-state index in [0.717, 1.165) is 5.56 Å². The van der Waals surface area contributed by atoms with Gasteiger partial charge in [0.2, 0.25) is 0 Å². The van der Waals surface area contributed by atoms with E-state index in [1.165, 1.54) is 7.11 Å². The molecule has 1 unspecified atom stereocenters. The smallest absolute Gasteiger partial charge is 0.334 e. The summed E-state index contributed by atoms with van der Waals surface area (Å²) in [5.41, 5.74) is 6.46. The topological polar surface area (TPSA) is 70.8 Å². The van der Waals surface area contributed by atoms with Crippen LogP contribution in [0.5, 0.6) is 11.5 Å². The molecule has 0 radical (unpaired) electrons. The number of methoxy groups -OCH3 is 2. The molecule has 0 fully saturated rings. The molecule has 0 aliphatic heterocycles. The normalized spacial score (nSPS) is 11.8. The maximum atomic E-state index is 11.2. The van der Waals surface area contributed by atoms with Crippen molar-refractivity contribution in [1.82, 2.24) is 0 Å². The molecule has 0 heterocycles. The molecular weight excluding hydrogens is 290 g/mol. The van der Waals surface area contributed by atoms with Gasteiger partial charge in [0.15, 0.2) is 27.8 Å². The molecule has 0 aliphatic rings. The van der Waals surface area contributed by atoms with Gasteiger partial charge in [-0.15, -0.1) is 0 Å². The van der Waals surface area contributed by atoms with Crippen molar-refractivity contribution in [3.8, 4) is 11.5 Å². The molecule has 0 bridgehead atoms. The molecule has 17 heavy (non-hydrogen) atoms. The van der Waals surface area contributed by atoms with Gasteiger partial charge in [-0.2, -0.15) is 0 Å². The molecule has 1 rings (SSSR count). The molecule has 0 spiro atoms. The highest BCUT2D eigenvalue weighted by atomic mass is 79.9. The molecule has 0 amide bonds. The molecule has 5 nitrogen and oxygen atoms in total. The third-order valence-electron chi connectivity index (χ3n) is 2.30. The summed E-state index contributed by atoms with van der Waals surface area (Å²) >= 11 is 2.61. The molecule has 0 saturated heterocycles. The largest absolute Gasteiger partial charge is 0.493 e. The van der Waals surface area contributed by atoms with Crippen LogP contribution in [0.25, 0.3) is 0 Å². The molecule has 0 aliphatic carbocycles. The Hall–Kier alpha value is -1.27. The summed E-state index contributed by atoms with van der Waals surface area (Å²) in [5.74, 6) is 0.645. The number of rotatable bonds is 5. The van der Waals surface area contributed by atoms with E-state index in [-0.39, 0.29) is 0 Å². The lowest BCUT2D eigenvalue weighted by Gasteiger charge is -2.14. The summed E-state index contributed by atoms with van der Waals surface area (Å²) in [6, 6.07) is 4.65. The zero-order valence-corrected chi connectivity index (χ0v) is 11.2. The second kappa shape index (κ2) is 6.46. The van der Waals surface area contributed by atoms with E-state index in [1.807, 2.05) is 12.1 Å². The Morgan fingerprint density at radius 1 is 1.41 bits per heavy atom. The van der Waals surface area contributed by atoms with Crippen LogP contribution in [0.15, 0.2) is 18.2 Å². The number of benzene rings is 1. The number of para-hydroxylation sites is 1. The first-order valence-corrected chi connectivity index (χ1v) is 5.56. The van der Waals surface area contributed by atoms with Crippen molar-refractivity contribution in [2.75, 3.05) is 14.2 Å². The van der Waals surface area contributed by atoms with Crippen LogP contribution in [0, 0.1) is 0 Å². The second-order valence-electron chi connectivity index (χ2n) is 3.36. The quantitative estimate of drug-likeness (QED) is 0.891. The minimum absolute atomic E-state index is 0.310. The van der Waals surface area contributed by atoms with E-state index < -0.39 is 12.0 Å². The fraction of sp³-hybridized carbons (Fsp3) is 0.364. The van der Waals surface area contributed by atoms with Crippen molar-refractivity contribution in [3.05, 3.63) is 23.8 Å². The Balaban J connectivity index is 2.94. The minimum atomic E-state index is -0.754. The standard InChI is InChI=1S/C11H14BrNO4/c1-15-9-5-3-4-7(10(9)16-2)6-8(13)11(14)17-12/h3-5,8H,6,13H2,1-2H3. The Bertz CT molecular complexity index is 397. The van der Waals surface area contributed by atoms with Gasteiger partial charge in [-0.3, -0.25) is 0 Å². The van der Waals surface area contributed by atoms with Crippen LogP contribution < -0.4 is 15.2 Å². The zero-order chi connectivity index (χ0) is 12.8. The Morgan fingerprint density at radius 3 is 2.65 bits per heavy atom. The van der Waals surface area contributed by atoms with Gasteiger partial charge in [0.25, 0.3) is 0 Å². The lowest BCUT2D eigenvalue weighted by atomic mass is 10.1. The lowest BCUT2D eigenvalue weighted by molar-refractivity contribution is -0.133. The Labute approximate surface area is 108 Å². The average molecular weight is 304 g/mol. The van der Waals surface area contributed by atoms with E-state index in [0.29, 0.717) is 17.9 Å². The van der Waals surface area contributed by atoms with Gasteiger partial charge < -0.3 is 19.0 Å². The summed E-state index contributed by atoms with van der Waals surface area (Å²) in [6.45, 7) is 0. The molecule has 1 aromatic rings. The number of carbonyl (C=O) groups excluding carboxylic acids is 1. The van der Waals surface area contributed by atoms with Gasteiger partial charge in [-0.25, -0.2) is 4.79 Å². The number of nitrogens with two attached hydrogens (primary N) is 1. The van der Waals surface area contributed by atoms with Gasteiger partial charge >= 0.3 is 5.97 Å².